The summed E-state index contributed by atoms with van der Waals surface area (Å²) in [5.74, 6) is 0. The molecule has 1 aromatic carbocycles. The molecule has 3 aromatic heterocycles. The molecule has 0 spiro atoms. The number of benzene rings is 1. The molecule has 0 radical (unpaired) electrons. The molecule has 0 saturated carbocycles. The lowest BCUT2D eigenvalue weighted by molar-refractivity contribution is 0.959. The van der Waals surface area contributed by atoms with E-state index in [1.165, 1.54) is 11.5 Å². The summed E-state index contributed by atoms with van der Waals surface area (Å²) in [6, 6.07) is 7.89. The molecule has 9 heteroatoms. The molecule has 4 aromatic rings. The molecule has 3 heterocycles. The molecule has 0 amide bonds. The lowest BCUT2D eigenvalue weighted by Gasteiger charge is -1.84. The number of aromatic nitrogens is 5. The molecule has 0 aliphatic heterocycles. The van der Waals surface area contributed by atoms with Crippen LogP contribution < -0.4 is 0 Å². The van der Waals surface area contributed by atoms with E-state index in [-0.39, 0.29) is 34.0 Å². The van der Waals surface area contributed by atoms with Crippen LogP contribution in [-0.4, -0.2) is 25.0 Å². The van der Waals surface area contributed by atoms with Crippen molar-refractivity contribution in [3.05, 3.63) is 35.0 Å². The summed E-state index contributed by atoms with van der Waals surface area (Å²) in [4.78, 5) is 0. The molecule has 0 saturated heterocycles. The maximum atomic E-state index is 4.07. The third-order valence-corrected chi connectivity index (χ3v) is 3.49. The van der Waals surface area contributed by atoms with Crippen molar-refractivity contribution in [3.63, 3.8) is 0 Å². The highest BCUT2D eigenvalue weighted by atomic mass is 79.9. The van der Waals surface area contributed by atoms with Gasteiger partial charge in [0.15, 0.2) is 0 Å². The van der Waals surface area contributed by atoms with E-state index in [2.05, 4.69) is 25.0 Å². The van der Waals surface area contributed by atoms with Crippen LogP contribution in [0.2, 0.25) is 0 Å². The second-order valence-electron chi connectivity index (χ2n) is 3.17. The van der Waals surface area contributed by atoms with Crippen LogP contribution in [0.25, 0.3) is 21.3 Å². The number of hydrogen-bond donors (Lipinski definition) is 1. The fraction of sp³-hybridized carbons (Fsp3) is 0. The molecule has 0 atom stereocenters. The van der Waals surface area contributed by atoms with E-state index >= 15 is 0 Å². The summed E-state index contributed by atoms with van der Waals surface area (Å²) in [6.45, 7) is 0. The first-order chi connectivity index (χ1) is 8.45. The number of hydrogen-bond acceptors (Lipinski definition) is 6. The predicted molar refractivity (Wildman–Crippen MR) is 89.8 cm³/mol. The SMILES string of the molecule is Br.Br.c1cc2s[nH]nc2c2nnnc12.c1ccsc1. The molecule has 5 nitrogen and oxygen atoms in total. The molecule has 19 heavy (non-hydrogen) atoms. The number of thiophene rings is 1. The van der Waals surface area contributed by atoms with Gasteiger partial charge in [-0.25, -0.2) is 4.49 Å². The molecule has 0 fully saturated rings. The Labute approximate surface area is 137 Å². The van der Waals surface area contributed by atoms with E-state index in [1.54, 1.807) is 11.3 Å². The first-order valence-electron chi connectivity index (χ1n) is 4.83. The van der Waals surface area contributed by atoms with Crippen LogP contribution in [0, 0.1) is 0 Å². The van der Waals surface area contributed by atoms with Gasteiger partial charge < -0.3 is 0 Å². The molecule has 0 unspecified atom stereocenters. The number of H-pyrrole nitrogens is 1. The first kappa shape index (κ1) is 16.2. The Kier molecular flexibility index (Phi) is 6.49. The average molecular weight is 423 g/mol. The van der Waals surface area contributed by atoms with Gasteiger partial charge in [0, 0.05) is 0 Å². The standard InChI is InChI=1S/C6H3N5S.C4H4S.2BrH/c1-2-4-6(9-11-12-4)5-3(1)7-10-8-5;1-2-4-5-3-1;;/h1-2,11H;1-4H;2*1H. The van der Waals surface area contributed by atoms with Crippen LogP contribution in [0.4, 0.5) is 0 Å². The maximum Gasteiger partial charge on any atom is 0.144 e. The van der Waals surface area contributed by atoms with E-state index in [1.807, 2.05) is 35.0 Å². The molecule has 0 aliphatic rings. The number of fused-ring (bicyclic) bond motifs is 3. The summed E-state index contributed by atoms with van der Waals surface area (Å²) < 4.78 is 3.89. The lowest BCUT2D eigenvalue weighted by Crippen LogP contribution is -1.72. The zero-order valence-corrected chi connectivity index (χ0v) is 14.4. The Morgan fingerprint density at radius 1 is 0.947 bits per heavy atom. The van der Waals surface area contributed by atoms with Gasteiger partial charge in [-0.05, 0) is 39.6 Å². The van der Waals surface area contributed by atoms with E-state index < -0.39 is 0 Å². The summed E-state index contributed by atoms with van der Waals surface area (Å²) >= 11 is 3.19. The monoisotopic (exact) mass is 421 g/mol. The van der Waals surface area contributed by atoms with Crippen molar-refractivity contribution in [1.82, 2.24) is 25.0 Å². The fourth-order valence-electron chi connectivity index (χ4n) is 1.38. The summed E-state index contributed by atoms with van der Waals surface area (Å²) in [5, 5.41) is 19.5. The molecule has 1 N–H and O–H groups in total. The summed E-state index contributed by atoms with van der Waals surface area (Å²) in [5.41, 5.74) is 2.41. The van der Waals surface area contributed by atoms with Crippen molar-refractivity contribution >= 4 is 78.1 Å². The number of nitrogens with one attached hydrogen (secondary N) is 1. The van der Waals surface area contributed by atoms with Gasteiger partial charge in [0.1, 0.15) is 16.6 Å². The Hall–Kier alpha value is -0.900. The van der Waals surface area contributed by atoms with Gasteiger partial charge in [-0.3, -0.25) is 0 Å². The molecule has 0 bridgehead atoms. The van der Waals surface area contributed by atoms with Crippen molar-refractivity contribution in [2.75, 3.05) is 0 Å². The quantitative estimate of drug-likeness (QED) is 0.467. The Morgan fingerprint density at radius 3 is 2.42 bits per heavy atom. The minimum atomic E-state index is 0. The van der Waals surface area contributed by atoms with E-state index in [0.717, 1.165) is 21.3 Å². The van der Waals surface area contributed by atoms with Crippen LogP contribution in [0.1, 0.15) is 0 Å². The zero-order chi connectivity index (χ0) is 11.5. The second-order valence-corrected chi connectivity index (χ2v) is 4.81. The van der Waals surface area contributed by atoms with Gasteiger partial charge in [0.25, 0.3) is 0 Å². The van der Waals surface area contributed by atoms with E-state index in [9.17, 15) is 0 Å². The third-order valence-electron chi connectivity index (χ3n) is 2.13. The van der Waals surface area contributed by atoms with Gasteiger partial charge in [-0.1, -0.05) is 12.1 Å². The molecule has 0 aliphatic carbocycles. The maximum absolute atomic E-state index is 4.07. The minimum Gasteiger partial charge on any atom is -0.231 e. The van der Waals surface area contributed by atoms with E-state index in [4.69, 9.17) is 0 Å². The van der Waals surface area contributed by atoms with Gasteiger partial charge in [0.2, 0.25) is 0 Å². The highest BCUT2D eigenvalue weighted by Gasteiger charge is 2.06. The lowest BCUT2D eigenvalue weighted by atomic mass is 10.3. The van der Waals surface area contributed by atoms with Crippen LogP contribution >= 0.6 is 56.8 Å². The highest BCUT2D eigenvalue weighted by molar-refractivity contribution is 8.93. The van der Waals surface area contributed by atoms with Crippen LogP contribution in [0.3, 0.4) is 0 Å². The topological polar surface area (TPSA) is 67.3 Å². The molecular formula is C10H9Br2N5S2. The number of halogens is 2. The zero-order valence-electron chi connectivity index (χ0n) is 9.39. The smallest absolute Gasteiger partial charge is 0.144 e. The second kappa shape index (κ2) is 7.63. The number of nitrogens with zero attached hydrogens (tertiary/aromatic N) is 4. The van der Waals surface area contributed by atoms with Crippen molar-refractivity contribution in [3.8, 4) is 0 Å². The van der Waals surface area contributed by atoms with Crippen LogP contribution in [0.15, 0.2) is 35.0 Å². The van der Waals surface area contributed by atoms with Crippen molar-refractivity contribution in [2.45, 2.75) is 0 Å². The fourth-order valence-corrected chi connectivity index (χ4v) is 2.44. The summed E-state index contributed by atoms with van der Waals surface area (Å²) in [6.07, 6.45) is 0. The largest absolute Gasteiger partial charge is 0.231 e. The normalized spacial score (nSPS) is 9.26. The first-order valence-corrected chi connectivity index (χ1v) is 6.59. The Balaban J connectivity index is 0.000000224. The Bertz CT molecular complexity index is 655. The highest BCUT2D eigenvalue weighted by Crippen LogP contribution is 2.21. The minimum absolute atomic E-state index is 0. The molecule has 4 rings (SSSR count). The van der Waals surface area contributed by atoms with Crippen molar-refractivity contribution in [2.24, 2.45) is 0 Å². The summed E-state index contributed by atoms with van der Waals surface area (Å²) in [7, 11) is 0. The van der Waals surface area contributed by atoms with Gasteiger partial charge in [-0.2, -0.15) is 16.4 Å². The van der Waals surface area contributed by atoms with Crippen LogP contribution in [0.5, 0.6) is 0 Å². The number of rotatable bonds is 0. The van der Waals surface area contributed by atoms with Gasteiger partial charge in [0.05, 0.1) is 4.70 Å². The van der Waals surface area contributed by atoms with Gasteiger partial charge in [-0.15, -0.1) is 44.2 Å². The molecular weight excluding hydrogens is 414 g/mol. The van der Waals surface area contributed by atoms with Crippen LogP contribution in [-0.2, 0) is 0 Å². The molecule has 100 valence electrons. The Morgan fingerprint density at radius 2 is 1.74 bits per heavy atom. The van der Waals surface area contributed by atoms with Crippen molar-refractivity contribution in [1.29, 1.82) is 0 Å². The average Bonchev–Trinajstić information content (AvgIpc) is 3.12. The predicted octanol–water partition coefficient (Wildman–Crippen LogP) is 3.87. The van der Waals surface area contributed by atoms with Crippen molar-refractivity contribution < 1.29 is 0 Å². The van der Waals surface area contributed by atoms with E-state index in [0.29, 0.717) is 0 Å². The number of aromatic amines is 1. The third kappa shape index (κ3) is 3.56. The van der Waals surface area contributed by atoms with Gasteiger partial charge >= 0.3 is 0 Å².